The maximum absolute atomic E-state index is 5.76. The van der Waals surface area contributed by atoms with Gasteiger partial charge in [-0.25, -0.2) is 0 Å². The van der Waals surface area contributed by atoms with Gasteiger partial charge in [-0.3, -0.25) is 4.57 Å². The second-order valence-electron chi connectivity index (χ2n) is 2.31. The van der Waals surface area contributed by atoms with Gasteiger partial charge in [0, 0.05) is 5.69 Å². The Morgan fingerprint density at radius 2 is 1.92 bits per heavy atom. The van der Waals surface area contributed by atoms with Crippen LogP contribution in [0.4, 0.5) is 0 Å². The Labute approximate surface area is 74.6 Å². The first-order valence-corrected chi connectivity index (χ1v) is 3.86. The molecule has 0 radical (unpaired) electrons. The molecule has 4 heteroatoms. The third kappa shape index (κ3) is 1.19. The van der Waals surface area contributed by atoms with Crippen LogP contribution < -0.4 is 0 Å². The zero-order chi connectivity index (χ0) is 8.39. The highest BCUT2D eigenvalue weighted by molar-refractivity contribution is 6.28. The Balaban J connectivity index is 2.51. The number of hydrogen-bond acceptors (Lipinski definition) is 2. The first-order chi connectivity index (χ1) is 5.88. The highest BCUT2D eigenvalue weighted by Crippen LogP contribution is 2.11. The zero-order valence-corrected chi connectivity index (χ0v) is 6.94. The maximum atomic E-state index is 5.76. The fraction of sp³-hybridized carbons (Fsp3) is 0. The van der Waals surface area contributed by atoms with Gasteiger partial charge in [0.1, 0.15) is 6.33 Å². The molecule has 1 heterocycles. The molecule has 0 spiro atoms. The van der Waals surface area contributed by atoms with E-state index in [1.165, 1.54) is 0 Å². The van der Waals surface area contributed by atoms with Crippen LogP contribution in [0, 0.1) is 0 Å². The lowest BCUT2D eigenvalue weighted by Gasteiger charge is -1.99. The molecule has 12 heavy (non-hydrogen) atoms. The molecule has 60 valence electrons. The monoisotopic (exact) mass is 179 g/mol. The molecule has 0 aliphatic carbocycles. The van der Waals surface area contributed by atoms with Gasteiger partial charge in [0.25, 0.3) is 0 Å². The van der Waals surface area contributed by atoms with E-state index in [1.54, 1.807) is 10.9 Å². The SMILES string of the molecule is Clc1nncn1-c1ccccc1. The van der Waals surface area contributed by atoms with Crippen molar-refractivity contribution in [3.8, 4) is 5.69 Å². The molecule has 0 aliphatic rings. The minimum Gasteiger partial charge on any atom is -0.272 e. The van der Waals surface area contributed by atoms with E-state index in [9.17, 15) is 0 Å². The summed E-state index contributed by atoms with van der Waals surface area (Å²) in [6.07, 6.45) is 1.58. The fourth-order valence-corrected chi connectivity index (χ4v) is 1.17. The summed E-state index contributed by atoms with van der Waals surface area (Å²) in [5, 5.41) is 7.73. The molecule has 1 aromatic heterocycles. The van der Waals surface area contributed by atoms with Gasteiger partial charge in [-0.15, -0.1) is 10.2 Å². The number of hydrogen-bond donors (Lipinski definition) is 0. The van der Waals surface area contributed by atoms with Crippen LogP contribution in [0.25, 0.3) is 5.69 Å². The average molecular weight is 180 g/mol. The molecule has 0 unspecified atom stereocenters. The quantitative estimate of drug-likeness (QED) is 0.670. The Hall–Kier alpha value is -1.35. The van der Waals surface area contributed by atoms with E-state index in [1.807, 2.05) is 30.3 Å². The van der Waals surface area contributed by atoms with E-state index in [0.717, 1.165) is 5.69 Å². The van der Waals surface area contributed by atoms with Gasteiger partial charge < -0.3 is 0 Å². The van der Waals surface area contributed by atoms with Crippen molar-refractivity contribution in [2.24, 2.45) is 0 Å². The summed E-state index contributed by atoms with van der Waals surface area (Å²) in [6.45, 7) is 0. The van der Waals surface area contributed by atoms with Crippen LogP contribution in [0.15, 0.2) is 36.7 Å². The predicted octanol–water partition coefficient (Wildman–Crippen LogP) is 1.92. The molecule has 2 aromatic rings. The molecule has 3 nitrogen and oxygen atoms in total. The number of benzene rings is 1. The van der Waals surface area contributed by atoms with Gasteiger partial charge in [-0.05, 0) is 23.7 Å². The number of rotatable bonds is 1. The Morgan fingerprint density at radius 1 is 1.17 bits per heavy atom. The first-order valence-electron chi connectivity index (χ1n) is 3.49. The van der Waals surface area contributed by atoms with Crippen LogP contribution >= 0.6 is 11.6 Å². The second kappa shape index (κ2) is 2.95. The normalized spacial score (nSPS) is 10.1. The molecular weight excluding hydrogens is 174 g/mol. The standard InChI is InChI=1S/C8H6ClN3/c9-8-11-10-6-12(8)7-4-2-1-3-5-7/h1-6H. The van der Waals surface area contributed by atoms with Gasteiger partial charge in [-0.1, -0.05) is 18.2 Å². The van der Waals surface area contributed by atoms with Crippen molar-refractivity contribution >= 4 is 11.6 Å². The molecule has 0 amide bonds. The van der Waals surface area contributed by atoms with Crippen molar-refractivity contribution < 1.29 is 0 Å². The lowest BCUT2D eigenvalue weighted by molar-refractivity contribution is 1.06. The summed E-state index contributed by atoms with van der Waals surface area (Å²) in [5.41, 5.74) is 0.965. The summed E-state index contributed by atoms with van der Waals surface area (Å²) in [7, 11) is 0. The van der Waals surface area contributed by atoms with Gasteiger partial charge in [0.05, 0.1) is 0 Å². The zero-order valence-electron chi connectivity index (χ0n) is 6.18. The van der Waals surface area contributed by atoms with E-state index in [0.29, 0.717) is 5.28 Å². The number of aromatic nitrogens is 3. The van der Waals surface area contributed by atoms with Crippen molar-refractivity contribution in [2.75, 3.05) is 0 Å². The molecule has 2 rings (SSSR count). The third-order valence-electron chi connectivity index (χ3n) is 1.54. The second-order valence-corrected chi connectivity index (χ2v) is 2.64. The fourth-order valence-electron chi connectivity index (χ4n) is 0.983. The smallest absolute Gasteiger partial charge is 0.229 e. The predicted molar refractivity (Wildman–Crippen MR) is 46.4 cm³/mol. The maximum Gasteiger partial charge on any atom is 0.229 e. The van der Waals surface area contributed by atoms with Gasteiger partial charge >= 0.3 is 0 Å². The lowest BCUT2D eigenvalue weighted by Crippen LogP contribution is -1.90. The summed E-state index contributed by atoms with van der Waals surface area (Å²) >= 11 is 5.76. The summed E-state index contributed by atoms with van der Waals surface area (Å²) < 4.78 is 1.71. The van der Waals surface area contributed by atoms with Crippen molar-refractivity contribution in [3.05, 3.63) is 41.9 Å². The van der Waals surface area contributed by atoms with E-state index in [2.05, 4.69) is 10.2 Å². The van der Waals surface area contributed by atoms with Crippen molar-refractivity contribution in [1.29, 1.82) is 0 Å². The van der Waals surface area contributed by atoms with Crippen molar-refractivity contribution in [2.45, 2.75) is 0 Å². The van der Waals surface area contributed by atoms with Crippen LogP contribution in [0.2, 0.25) is 5.28 Å². The average Bonchev–Trinajstić information content (AvgIpc) is 2.53. The summed E-state index contributed by atoms with van der Waals surface area (Å²) in [6, 6.07) is 9.70. The molecule has 0 saturated heterocycles. The van der Waals surface area contributed by atoms with E-state index < -0.39 is 0 Å². The molecule has 1 aromatic carbocycles. The van der Waals surface area contributed by atoms with Gasteiger partial charge in [0.15, 0.2) is 0 Å². The Bertz CT molecular complexity index is 369. The van der Waals surface area contributed by atoms with Crippen molar-refractivity contribution in [3.63, 3.8) is 0 Å². The van der Waals surface area contributed by atoms with Crippen LogP contribution in [-0.2, 0) is 0 Å². The number of halogens is 1. The van der Waals surface area contributed by atoms with Gasteiger partial charge in [0.2, 0.25) is 5.28 Å². The minimum absolute atomic E-state index is 0.376. The van der Waals surface area contributed by atoms with E-state index in [-0.39, 0.29) is 0 Å². The lowest BCUT2D eigenvalue weighted by atomic mass is 10.3. The van der Waals surface area contributed by atoms with Gasteiger partial charge in [-0.2, -0.15) is 0 Å². The molecule has 0 bridgehead atoms. The van der Waals surface area contributed by atoms with Crippen LogP contribution in [0.3, 0.4) is 0 Å². The molecule has 0 aliphatic heterocycles. The van der Waals surface area contributed by atoms with Crippen LogP contribution in [0.5, 0.6) is 0 Å². The van der Waals surface area contributed by atoms with Crippen LogP contribution in [-0.4, -0.2) is 14.8 Å². The number of para-hydroxylation sites is 1. The van der Waals surface area contributed by atoms with E-state index in [4.69, 9.17) is 11.6 Å². The summed E-state index contributed by atoms with van der Waals surface area (Å²) in [5.74, 6) is 0. The minimum atomic E-state index is 0.376. The Kier molecular flexibility index (Phi) is 1.80. The topological polar surface area (TPSA) is 30.7 Å². The Morgan fingerprint density at radius 3 is 2.50 bits per heavy atom. The summed E-state index contributed by atoms with van der Waals surface area (Å²) in [4.78, 5) is 0. The largest absolute Gasteiger partial charge is 0.272 e. The molecule has 0 saturated carbocycles. The van der Waals surface area contributed by atoms with Crippen molar-refractivity contribution in [1.82, 2.24) is 14.8 Å². The molecule has 0 atom stereocenters. The van der Waals surface area contributed by atoms with Crippen LogP contribution in [0.1, 0.15) is 0 Å². The highest BCUT2D eigenvalue weighted by atomic mass is 35.5. The highest BCUT2D eigenvalue weighted by Gasteiger charge is 2.00. The molecule has 0 N–H and O–H groups in total. The molecular formula is C8H6ClN3. The number of nitrogens with zero attached hydrogens (tertiary/aromatic N) is 3. The molecule has 0 fully saturated rings. The first kappa shape index (κ1) is 7.31. The van der Waals surface area contributed by atoms with E-state index >= 15 is 0 Å². The third-order valence-corrected chi connectivity index (χ3v) is 1.80.